The van der Waals surface area contributed by atoms with E-state index >= 15 is 0 Å². The molecule has 0 spiro atoms. The van der Waals surface area contributed by atoms with Gasteiger partial charge in [0.2, 0.25) is 0 Å². The average molecular weight is 262 g/mol. The van der Waals surface area contributed by atoms with Gasteiger partial charge in [-0.2, -0.15) is 0 Å². The molecule has 1 unspecified atom stereocenters. The van der Waals surface area contributed by atoms with Crippen LogP contribution in [-0.2, 0) is 0 Å². The van der Waals surface area contributed by atoms with Gasteiger partial charge < -0.3 is 10.5 Å². The molecule has 1 aliphatic rings. The number of rotatable bonds is 8. The van der Waals surface area contributed by atoms with E-state index in [4.69, 9.17) is 10.5 Å². The van der Waals surface area contributed by atoms with E-state index in [1.165, 1.54) is 18.4 Å². The van der Waals surface area contributed by atoms with E-state index in [0.29, 0.717) is 12.6 Å². The molecular formula is C16H26N2O. The Kier molecular flexibility index (Phi) is 5.23. The topological polar surface area (TPSA) is 38.5 Å². The second-order valence-electron chi connectivity index (χ2n) is 5.23. The van der Waals surface area contributed by atoms with Crippen LogP contribution in [0.5, 0.6) is 5.75 Å². The van der Waals surface area contributed by atoms with Crippen molar-refractivity contribution in [2.24, 2.45) is 5.73 Å². The third-order valence-electron chi connectivity index (χ3n) is 3.72. The lowest BCUT2D eigenvalue weighted by molar-refractivity contribution is 0.201. The van der Waals surface area contributed by atoms with Gasteiger partial charge in [-0.3, -0.25) is 4.90 Å². The summed E-state index contributed by atoms with van der Waals surface area (Å²) in [5.74, 6) is 0.963. The maximum Gasteiger partial charge on any atom is 0.119 e. The summed E-state index contributed by atoms with van der Waals surface area (Å²) >= 11 is 0. The van der Waals surface area contributed by atoms with Crippen LogP contribution in [0.4, 0.5) is 0 Å². The minimum Gasteiger partial charge on any atom is -0.494 e. The SMILES string of the molecule is CCCOc1cccc(C(CN)N(CC)C2CC2)c1. The summed E-state index contributed by atoms with van der Waals surface area (Å²) in [5.41, 5.74) is 7.30. The van der Waals surface area contributed by atoms with Crippen molar-refractivity contribution in [1.29, 1.82) is 0 Å². The highest BCUT2D eigenvalue weighted by Crippen LogP contribution is 2.34. The molecule has 3 heteroatoms. The molecule has 2 rings (SSSR count). The highest BCUT2D eigenvalue weighted by Gasteiger charge is 2.32. The van der Waals surface area contributed by atoms with E-state index in [0.717, 1.165) is 31.4 Å². The van der Waals surface area contributed by atoms with Gasteiger partial charge in [-0.15, -0.1) is 0 Å². The number of nitrogens with zero attached hydrogens (tertiary/aromatic N) is 1. The minimum absolute atomic E-state index is 0.322. The Morgan fingerprint density at radius 2 is 2.16 bits per heavy atom. The zero-order valence-electron chi connectivity index (χ0n) is 12.1. The van der Waals surface area contributed by atoms with E-state index in [9.17, 15) is 0 Å². The zero-order chi connectivity index (χ0) is 13.7. The van der Waals surface area contributed by atoms with Crippen LogP contribution < -0.4 is 10.5 Å². The molecule has 0 heterocycles. The molecule has 1 aliphatic carbocycles. The molecule has 19 heavy (non-hydrogen) atoms. The highest BCUT2D eigenvalue weighted by molar-refractivity contribution is 5.31. The molecule has 1 aromatic rings. The molecule has 0 bridgehead atoms. The Balaban J connectivity index is 2.12. The van der Waals surface area contributed by atoms with Crippen LogP contribution in [0.25, 0.3) is 0 Å². The maximum atomic E-state index is 6.01. The number of hydrogen-bond acceptors (Lipinski definition) is 3. The van der Waals surface area contributed by atoms with Crippen molar-refractivity contribution in [2.45, 2.75) is 45.2 Å². The number of ether oxygens (including phenoxy) is 1. The van der Waals surface area contributed by atoms with Crippen molar-refractivity contribution in [3.63, 3.8) is 0 Å². The molecule has 106 valence electrons. The van der Waals surface area contributed by atoms with Crippen LogP contribution in [0.15, 0.2) is 24.3 Å². The molecule has 0 radical (unpaired) electrons. The molecule has 1 fully saturated rings. The van der Waals surface area contributed by atoms with Crippen molar-refractivity contribution in [2.75, 3.05) is 19.7 Å². The summed E-state index contributed by atoms with van der Waals surface area (Å²) in [6, 6.07) is 9.48. The van der Waals surface area contributed by atoms with Gasteiger partial charge in [0.15, 0.2) is 0 Å². The van der Waals surface area contributed by atoms with Gasteiger partial charge in [-0.05, 0) is 43.5 Å². The van der Waals surface area contributed by atoms with Crippen molar-refractivity contribution >= 4 is 0 Å². The number of benzene rings is 1. The molecule has 0 aromatic heterocycles. The Morgan fingerprint density at radius 3 is 2.74 bits per heavy atom. The first-order valence-corrected chi connectivity index (χ1v) is 7.48. The molecule has 1 aromatic carbocycles. The fourth-order valence-corrected chi connectivity index (χ4v) is 2.63. The molecule has 2 N–H and O–H groups in total. The minimum atomic E-state index is 0.322. The normalized spacial score (nSPS) is 16.6. The predicted molar refractivity (Wildman–Crippen MR) is 79.4 cm³/mol. The zero-order valence-corrected chi connectivity index (χ0v) is 12.1. The third kappa shape index (κ3) is 3.71. The lowest BCUT2D eigenvalue weighted by Crippen LogP contribution is -2.35. The number of nitrogens with two attached hydrogens (primary N) is 1. The van der Waals surface area contributed by atoms with Crippen LogP contribution in [0.1, 0.15) is 44.7 Å². The summed E-state index contributed by atoms with van der Waals surface area (Å²) in [7, 11) is 0. The highest BCUT2D eigenvalue weighted by atomic mass is 16.5. The lowest BCUT2D eigenvalue weighted by Gasteiger charge is -2.30. The third-order valence-corrected chi connectivity index (χ3v) is 3.72. The van der Waals surface area contributed by atoms with Gasteiger partial charge in [0.1, 0.15) is 5.75 Å². The number of hydrogen-bond donors (Lipinski definition) is 1. The Hall–Kier alpha value is -1.06. The van der Waals surface area contributed by atoms with Crippen LogP contribution >= 0.6 is 0 Å². The first kappa shape index (κ1) is 14.4. The second-order valence-corrected chi connectivity index (χ2v) is 5.23. The smallest absolute Gasteiger partial charge is 0.119 e. The van der Waals surface area contributed by atoms with Gasteiger partial charge in [0, 0.05) is 18.6 Å². The number of likely N-dealkylation sites (N-methyl/N-ethyl adjacent to an activating group) is 1. The van der Waals surface area contributed by atoms with Crippen LogP contribution in [0.2, 0.25) is 0 Å². The van der Waals surface area contributed by atoms with Crippen LogP contribution in [-0.4, -0.2) is 30.6 Å². The van der Waals surface area contributed by atoms with E-state index in [1.54, 1.807) is 0 Å². The molecular weight excluding hydrogens is 236 g/mol. The molecule has 1 atom stereocenters. The van der Waals surface area contributed by atoms with E-state index in [1.807, 2.05) is 6.07 Å². The summed E-state index contributed by atoms with van der Waals surface area (Å²) in [6.45, 7) is 6.85. The molecule has 3 nitrogen and oxygen atoms in total. The molecule has 0 saturated heterocycles. The quantitative estimate of drug-likeness (QED) is 0.783. The Morgan fingerprint density at radius 1 is 1.37 bits per heavy atom. The first-order chi connectivity index (χ1) is 9.30. The van der Waals surface area contributed by atoms with Crippen molar-refractivity contribution in [1.82, 2.24) is 4.90 Å². The predicted octanol–water partition coefficient (Wildman–Crippen LogP) is 2.96. The summed E-state index contributed by atoms with van der Waals surface area (Å²) < 4.78 is 5.72. The Bertz CT molecular complexity index is 390. The van der Waals surface area contributed by atoms with Crippen molar-refractivity contribution in [3.05, 3.63) is 29.8 Å². The molecule has 0 aliphatic heterocycles. The molecule has 0 amide bonds. The molecule has 1 saturated carbocycles. The van der Waals surface area contributed by atoms with Gasteiger partial charge in [-0.25, -0.2) is 0 Å². The standard InChI is InChI=1S/C16H26N2O/c1-3-10-19-15-7-5-6-13(11-15)16(12-17)18(4-2)14-8-9-14/h5-7,11,14,16H,3-4,8-10,12,17H2,1-2H3. The van der Waals surface area contributed by atoms with Gasteiger partial charge in [0.05, 0.1) is 6.61 Å². The first-order valence-electron chi connectivity index (χ1n) is 7.48. The van der Waals surface area contributed by atoms with E-state index in [-0.39, 0.29) is 0 Å². The van der Waals surface area contributed by atoms with Crippen LogP contribution in [0.3, 0.4) is 0 Å². The van der Waals surface area contributed by atoms with E-state index < -0.39 is 0 Å². The van der Waals surface area contributed by atoms with Crippen molar-refractivity contribution < 1.29 is 4.74 Å². The summed E-state index contributed by atoms with van der Waals surface area (Å²) in [5, 5.41) is 0. The summed E-state index contributed by atoms with van der Waals surface area (Å²) in [6.07, 6.45) is 3.67. The van der Waals surface area contributed by atoms with Crippen molar-refractivity contribution in [3.8, 4) is 5.75 Å². The maximum absolute atomic E-state index is 6.01. The van der Waals surface area contributed by atoms with Gasteiger partial charge in [0.25, 0.3) is 0 Å². The second kappa shape index (κ2) is 6.92. The van der Waals surface area contributed by atoms with E-state index in [2.05, 4.69) is 36.9 Å². The van der Waals surface area contributed by atoms with Gasteiger partial charge in [-0.1, -0.05) is 26.0 Å². The summed E-state index contributed by atoms with van der Waals surface area (Å²) in [4.78, 5) is 2.53. The average Bonchev–Trinajstić information content (AvgIpc) is 3.27. The monoisotopic (exact) mass is 262 g/mol. The fraction of sp³-hybridized carbons (Fsp3) is 0.625. The largest absolute Gasteiger partial charge is 0.494 e. The lowest BCUT2D eigenvalue weighted by atomic mass is 10.0. The Labute approximate surface area is 116 Å². The van der Waals surface area contributed by atoms with Crippen LogP contribution in [0, 0.1) is 0 Å². The fourth-order valence-electron chi connectivity index (χ4n) is 2.63. The van der Waals surface area contributed by atoms with Gasteiger partial charge >= 0.3 is 0 Å².